The zero-order valence-electron chi connectivity index (χ0n) is 16.1. The van der Waals surface area contributed by atoms with Gasteiger partial charge in [0.05, 0.1) is 11.3 Å². The molecule has 2 atom stereocenters. The molecule has 148 valence electrons. The van der Waals surface area contributed by atoms with Gasteiger partial charge >= 0.3 is 6.03 Å². The highest BCUT2D eigenvalue weighted by atomic mass is 35.5. The van der Waals surface area contributed by atoms with Gasteiger partial charge < -0.3 is 10.6 Å². The highest BCUT2D eigenvalue weighted by Gasteiger charge is 2.56. The predicted molar refractivity (Wildman–Crippen MR) is 105 cm³/mol. The lowest BCUT2D eigenvalue weighted by Crippen LogP contribution is -2.54. The van der Waals surface area contributed by atoms with Crippen molar-refractivity contribution in [2.24, 2.45) is 11.3 Å². The summed E-state index contributed by atoms with van der Waals surface area (Å²) in [7, 11) is 0. The van der Waals surface area contributed by atoms with E-state index in [1.807, 2.05) is 6.07 Å². The van der Waals surface area contributed by atoms with E-state index in [4.69, 9.17) is 16.9 Å². The molecular weight excluding hydrogens is 380 g/mol. The zero-order valence-corrected chi connectivity index (χ0v) is 16.9. The summed E-state index contributed by atoms with van der Waals surface area (Å²) in [5.41, 5.74) is -0.545. The molecule has 1 aliphatic heterocycles. The number of hydrogen-bond acceptors (Lipinski definition) is 4. The van der Waals surface area contributed by atoms with Gasteiger partial charge in [0.15, 0.2) is 0 Å². The minimum absolute atomic E-state index is 0.0820. The second-order valence-corrected chi connectivity index (χ2v) is 9.04. The van der Waals surface area contributed by atoms with Crippen molar-refractivity contribution in [1.29, 1.82) is 5.26 Å². The van der Waals surface area contributed by atoms with Crippen molar-refractivity contribution < 1.29 is 14.4 Å². The molecule has 1 aliphatic carbocycles. The number of rotatable bonds is 3. The molecule has 2 N–H and O–H groups in total. The van der Waals surface area contributed by atoms with Gasteiger partial charge in [-0.3, -0.25) is 14.5 Å². The summed E-state index contributed by atoms with van der Waals surface area (Å²) in [5.74, 6) is -0.646. The number of amides is 4. The fourth-order valence-electron chi connectivity index (χ4n) is 4.70. The van der Waals surface area contributed by atoms with Crippen molar-refractivity contribution in [3.63, 3.8) is 0 Å². The Balaban J connectivity index is 1.76. The molecule has 2 aliphatic rings. The Morgan fingerprint density at radius 2 is 2.11 bits per heavy atom. The van der Waals surface area contributed by atoms with E-state index >= 15 is 0 Å². The minimum Gasteiger partial charge on any atom is -0.323 e. The number of nitrogens with one attached hydrogen (secondary N) is 2. The molecule has 1 saturated heterocycles. The van der Waals surface area contributed by atoms with Gasteiger partial charge in [0.1, 0.15) is 18.2 Å². The monoisotopic (exact) mass is 402 g/mol. The first-order valence-electron chi connectivity index (χ1n) is 9.19. The SMILES string of the molecule is C[C@H]1CC(C)(C)C[C@@]2(C1)NC(=O)N(CC(=O)Nc1cc(Cl)ccc1C#N)C2=O. The molecule has 0 unspecified atom stereocenters. The molecule has 0 aromatic heterocycles. The van der Waals surface area contributed by atoms with Crippen molar-refractivity contribution >= 4 is 35.1 Å². The Labute approximate surface area is 169 Å². The van der Waals surface area contributed by atoms with Crippen LogP contribution < -0.4 is 10.6 Å². The van der Waals surface area contributed by atoms with Crippen molar-refractivity contribution in [2.45, 2.75) is 45.6 Å². The normalized spacial score (nSPS) is 26.1. The van der Waals surface area contributed by atoms with Crippen LogP contribution in [0.2, 0.25) is 5.02 Å². The highest BCUT2D eigenvalue weighted by molar-refractivity contribution is 6.31. The average molecular weight is 403 g/mol. The number of urea groups is 1. The first-order valence-corrected chi connectivity index (χ1v) is 9.57. The van der Waals surface area contributed by atoms with Crippen molar-refractivity contribution in [3.8, 4) is 6.07 Å². The third-order valence-corrected chi connectivity index (χ3v) is 5.54. The second-order valence-electron chi connectivity index (χ2n) is 8.61. The van der Waals surface area contributed by atoms with E-state index in [1.165, 1.54) is 12.1 Å². The van der Waals surface area contributed by atoms with Gasteiger partial charge in [-0.15, -0.1) is 0 Å². The zero-order chi connectivity index (χ0) is 20.7. The third-order valence-electron chi connectivity index (χ3n) is 5.30. The van der Waals surface area contributed by atoms with Crippen molar-refractivity contribution in [3.05, 3.63) is 28.8 Å². The molecule has 1 saturated carbocycles. The molecule has 7 nitrogen and oxygen atoms in total. The van der Waals surface area contributed by atoms with Crippen LogP contribution >= 0.6 is 11.6 Å². The Bertz CT molecular complexity index is 892. The average Bonchev–Trinajstić information content (AvgIpc) is 2.76. The van der Waals surface area contributed by atoms with Crippen LogP contribution in [0, 0.1) is 22.7 Å². The number of nitrogens with zero attached hydrogens (tertiary/aromatic N) is 2. The molecule has 0 radical (unpaired) electrons. The highest BCUT2D eigenvalue weighted by Crippen LogP contribution is 2.46. The van der Waals surface area contributed by atoms with Gasteiger partial charge in [0.25, 0.3) is 5.91 Å². The van der Waals surface area contributed by atoms with E-state index < -0.39 is 24.0 Å². The predicted octanol–water partition coefficient (Wildman–Crippen LogP) is 3.29. The standard InChI is InChI=1S/C20H23ClN4O3/c1-12-7-19(2,3)11-20(8-12)17(27)25(18(28)24-20)10-16(26)23-15-6-14(21)5-4-13(15)9-22/h4-6,12H,7-8,10-11H2,1-3H3,(H,23,26)(H,24,28)/t12-,20+/m0/s1. The van der Waals surface area contributed by atoms with Crippen molar-refractivity contribution in [1.82, 2.24) is 10.2 Å². The fraction of sp³-hybridized carbons (Fsp3) is 0.500. The van der Waals surface area contributed by atoms with Gasteiger partial charge in [-0.05, 0) is 48.8 Å². The molecule has 1 spiro atoms. The lowest BCUT2D eigenvalue weighted by Gasteiger charge is -2.43. The van der Waals surface area contributed by atoms with E-state index in [0.717, 1.165) is 11.3 Å². The lowest BCUT2D eigenvalue weighted by atomic mass is 9.64. The molecule has 0 bridgehead atoms. The quantitative estimate of drug-likeness (QED) is 0.757. The van der Waals surface area contributed by atoms with E-state index in [-0.39, 0.29) is 28.5 Å². The second kappa shape index (κ2) is 7.10. The molecule has 2 fully saturated rings. The van der Waals surface area contributed by atoms with Gasteiger partial charge in [-0.2, -0.15) is 5.26 Å². The first-order chi connectivity index (χ1) is 13.0. The summed E-state index contributed by atoms with van der Waals surface area (Å²) in [6, 6.07) is 5.90. The third kappa shape index (κ3) is 3.83. The van der Waals surface area contributed by atoms with Gasteiger partial charge in [-0.25, -0.2) is 4.79 Å². The smallest absolute Gasteiger partial charge is 0.323 e. The number of hydrogen-bond donors (Lipinski definition) is 2. The molecule has 3 rings (SSSR count). The van der Waals surface area contributed by atoms with Crippen LogP contribution in [-0.4, -0.2) is 34.8 Å². The molecule has 8 heteroatoms. The first kappa shape index (κ1) is 20.2. The van der Waals surface area contributed by atoms with Crippen LogP contribution in [0.25, 0.3) is 0 Å². The number of carbonyl (C=O) groups excluding carboxylic acids is 3. The topological polar surface area (TPSA) is 102 Å². The van der Waals surface area contributed by atoms with Crippen molar-refractivity contribution in [2.75, 3.05) is 11.9 Å². The van der Waals surface area contributed by atoms with Crippen LogP contribution in [0.5, 0.6) is 0 Å². The van der Waals surface area contributed by atoms with E-state index in [1.54, 1.807) is 6.07 Å². The Kier molecular flexibility index (Phi) is 5.11. The minimum atomic E-state index is -0.952. The lowest BCUT2D eigenvalue weighted by molar-refractivity contribution is -0.136. The van der Waals surface area contributed by atoms with Crippen LogP contribution in [0.1, 0.15) is 45.6 Å². The Morgan fingerprint density at radius 3 is 2.75 bits per heavy atom. The van der Waals surface area contributed by atoms with Crippen LogP contribution in [-0.2, 0) is 9.59 Å². The summed E-state index contributed by atoms with van der Waals surface area (Å²) >= 11 is 5.92. The largest absolute Gasteiger partial charge is 0.325 e. The van der Waals surface area contributed by atoms with Crippen LogP contribution in [0.3, 0.4) is 0 Å². The Morgan fingerprint density at radius 1 is 1.39 bits per heavy atom. The van der Waals surface area contributed by atoms with E-state index in [2.05, 4.69) is 31.4 Å². The van der Waals surface area contributed by atoms with Crippen LogP contribution in [0.15, 0.2) is 18.2 Å². The summed E-state index contributed by atoms with van der Waals surface area (Å²) in [5, 5.41) is 14.9. The number of imide groups is 1. The van der Waals surface area contributed by atoms with E-state index in [0.29, 0.717) is 17.9 Å². The molecule has 1 aromatic carbocycles. The van der Waals surface area contributed by atoms with Crippen LogP contribution in [0.4, 0.5) is 10.5 Å². The van der Waals surface area contributed by atoms with Gasteiger partial charge in [0.2, 0.25) is 5.91 Å². The van der Waals surface area contributed by atoms with E-state index in [9.17, 15) is 14.4 Å². The van der Waals surface area contributed by atoms with Gasteiger partial charge in [-0.1, -0.05) is 32.4 Å². The molecule has 1 aromatic rings. The number of nitriles is 1. The number of halogens is 1. The maximum atomic E-state index is 13.1. The number of carbonyl (C=O) groups is 3. The van der Waals surface area contributed by atoms with Gasteiger partial charge in [0, 0.05) is 5.02 Å². The number of anilines is 1. The summed E-state index contributed by atoms with van der Waals surface area (Å²) in [6.45, 7) is 5.82. The molecular formula is C20H23ClN4O3. The number of benzene rings is 1. The maximum Gasteiger partial charge on any atom is 0.325 e. The fourth-order valence-corrected chi connectivity index (χ4v) is 4.87. The summed E-state index contributed by atoms with van der Waals surface area (Å²) in [6.07, 6.45) is 2.08. The maximum absolute atomic E-state index is 13.1. The summed E-state index contributed by atoms with van der Waals surface area (Å²) in [4.78, 5) is 39.0. The molecule has 4 amide bonds. The Hall–Kier alpha value is -2.59. The molecule has 1 heterocycles. The summed E-state index contributed by atoms with van der Waals surface area (Å²) < 4.78 is 0. The molecule has 28 heavy (non-hydrogen) atoms.